The summed E-state index contributed by atoms with van der Waals surface area (Å²) in [5.74, 6) is 0.828. The molecule has 0 bridgehead atoms. The van der Waals surface area contributed by atoms with Crippen LogP contribution < -0.4 is 10.5 Å². The lowest BCUT2D eigenvalue weighted by Crippen LogP contribution is -1.95. The van der Waals surface area contributed by atoms with Crippen LogP contribution in [-0.2, 0) is 6.61 Å². The summed E-state index contributed by atoms with van der Waals surface area (Å²) >= 11 is 3.46. The zero-order valence-corrected chi connectivity index (χ0v) is 11.8. The van der Waals surface area contributed by atoms with E-state index in [9.17, 15) is 0 Å². The number of rotatable bonds is 3. The number of benzene rings is 2. The van der Waals surface area contributed by atoms with Crippen LogP contribution >= 0.6 is 15.9 Å². The van der Waals surface area contributed by atoms with E-state index in [4.69, 9.17) is 10.5 Å². The molecule has 3 rings (SSSR count). The lowest BCUT2D eigenvalue weighted by atomic mass is 10.2. The van der Waals surface area contributed by atoms with E-state index in [1.54, 1.807) is 0 Å². The van der Waals surface area contributed by atoms with Crippen LogP contribution in [0.25, 0.3) is 10.9 Å². The highest BCUT2D eigenvalue weighted by Gasteiger charge is 2.05. The summed E-state index contributed by atoms with van der Waals surface area (Å²) in [5, 5.41) is 1.04. The molecule has 0 radical (unpaired) electrons. The summed E-state index contributed by atoms with van der Waals surface area (Å²) in [5.41, 5.74) is 8.75. The fourth-order valence-electron chi connectivity index (χ4n) is 2.03. The summed E-state index contributed by atoms with van der Waals surface area (Å²) in [7, 11) is 0. The van der Waals surface area contributed by atoms with Crippen molar-refractivity contribution >= 4 is 32.5 Å². The zero-order valence-electron chi connectivity index (χ0n) is 10.2. The van der Waals surface area contributed by atoms with Gasteiger partial charge in [-0.25, -0.2) is 0 Å². The number of nitrogen functional groups attached to an aromatic ring is 1. The van der Waals surface area contributed by atoms with Crippen molar-refractivity contribution in [2.24, 2.45) is 0 Å². The van der Waals surface area contributed by atoms with Gasteiger partial charge in [0, 0.05) is 16.6 Å². The molecular weight excluding hydrogens is 304 g/mol. The summed E-state index contributed by atoms with van der Waals surface area (Å²) in [6.07, 6.45) is 0. The molecule has 2 aromatic carbocycles. The van der Waals surface area contributed by atoms with Gasteiger partial charge in [0.1, 0.15) is 12.4 Å². The van der Waals surface area contributed by atoms with E-state index >= 15 is 0 Å². The predicted molar refractivity (Wildman–Crippen MR) is 81.2 cm³/mol. The van der Waals surface area contributed by atoms with Crippen LogP contribution in [0.5, 0.6) is 5.75 Å². The number of H-pyrrole nitrogens is 1. The Morgan fingerprint density at radius 2 is 1.95 bits per heavy atom. The largest absolute Gasteiger partial charge is 0.486 e. The first kappa shape index (κ1) is 12.1. The van der Waals surface area contributed by atoms with E-state index in [0.717, 1.165) is 32.5 Å². The smallest absolute Gasteiger partial charge is 0.134 e. The number of anilines is 1. The molecule has 0 unspecified atom stereocenters. The Hall–Kier alpha value is -1.94. The third-order valence-electron chi connectivity index (χ3n) is 2.97. The molecule has 4 heteroatoms. The molecular formula is C15H13BrN2O. The first-order valence-electron chi connectivity index (χ1n) is 5.97. The van der Waals surface area contributed by atoms with Gasteiger partial charge in [-0.3, -0.25) is 0 Å². The summed E-state index contributed by atoms with van der Waals surface area (Å²) < 4.78 is 6.72. The van der Waals surface area contributed by atoms with Crippen molar-refractivity contribution in [3.05, 3.63) is 58.7 Å². The van der Waals surface area contributed by atoms with E-state index in [1.165, 1.54) is 0 Å². The van der Waals surface area contributed by atoms with Crippen LogP contribution in [0.15, 0.2) is 53.0 Å². The number of fused-ring (bicyclic) bond motifs is 1. The molecule has 0 spiro atoms. The molecule has 3 nitrogen and oxygen atoms in total. The Morgan fingerprint density at radius 3 is 2.74 bits per heavy atom. The number of halogens is 1. The van der Waals surface area contributed by atoms with Crippen LogP contribution in [0.4, 0.5) is 5.69 Å². The fourth-order valence-corrected chi connectivity index (χ4v) is 2.43. The van der Waals surface area contributed by atoms with Gasteiger partial charge in [-0.05, 0) is 46.3 Å². The Kier molecular flexibility index (Phi) is 3.17. The molecule has 1 heterocycles. The monoisotopic (exact) mass is 316 g/mol. The minimum Gasteiger partial charge on any atom is -0.486 e. The molecule has 0 saturated heterocycles. The molecule has 19 heavy (non-hydrogen) atoms. The van der Waals surface area contributed by atoms with Crippen molar-refractivity contribution in [1.82, 2.24) is 4.98 Å². The Morgan fingerprint density at radius 1 is 1.11 bits per heavy atom. The SMILES string of the molecule is Nc1cccc2[nH]c(COc3ccccc3Br)cc12. The molecule has 0 aliphatic rings. The molecule has 1 aromatic heterocycles. The molecule has 0 fully saturated rings. The van der Waals surface area contributed by atoms with E-state index in [0.29, 0.717) is 6.61 Å². The minimum absolute atomic E-state index is 0.483. The van der Waals surface area contributed by atoms with E-state index < -0.39 is 0 Å². The van der Waals surface area contributed by atoms with Gasteiger partial charge in [0.2, 0.25) is 0 Å². The first-order valence-corrected chi connectivity index (χ1v) is 6.77. The zero-order chi connectivity index (χ0) is 13.2. The van der Waals surface area contributed by atoms with Crippen LogP contribution in [0, 0.1) is 0 Å². The van der Waals surface area contributed by atoms with Gasteiger partial charge in [-0.1, -0.05) is 18.2 Å². The Bertz CT molecular complexity index is 721. The van der Waals surface area contributed by atoms with Crippen LogP contribution in [0.3, 0.4) is 0 Å². The van der Waals surface area contributed by atoms with E-state index in [-0.39, 0.29) is 0 Å². The van der Waals surface area contributed by atoms with Gasteiger partial charge < -0.3 is 15.5 Å². The summed E-state index contributed by atoms with van der Waals surface area (Å²) in [6, 6.07) is 15.7. The minimum atomic E-state index is 0.483. The van der Waals surface area contributed by atoms with E-state index in [2.05, 4.69) is 20.9 Å². The highest BCUT2D eigenvalue weighted by atomic mass is 79.9. The second-order valence-electron chi connectivity index (χ2n) is 4.32. The maximum absolute atomic E-state index is 5.93. The maximum Gasteiger partial charge on any atom is 0.134 e. The number of nitrogens with two attached hydrogens (primary N) is 1. The van der Waals surface area contributed by atoms with Crippen molar-refractivity contribution in [2.75, 3.05) is 5.73 Å². The Balaban J connectivity index is 1.83. The number of ether oxygens (including phenoxy) is 1. The lowest BCUT2D eigenvalue weighted by Gasteiger charge is -2.06. The third kappa shape index (κ3) is 2.44. The molecule has 0 atom stereocenters. The number of aromatic nitrogens is 1. The third-order valence-corrected chi connectivity index (χ3v) is 3.63. The van der Waals surface area contributed by atoms with Gasteiger partial charge in [0.15, 0.2) is 0 Å². The average Bonchev–Trinajstić information content (AvgIpc) is 2.82. The maximum atomic E-state index is 5.93. The second kappa shape index (κ2) is 4.97. The van der Waals surface area contributed by atoms with Crippen molar-refractivity contribution in [3.8, 4) is 5.75 Å². The topological polar surface area (TPSA) is 51.0 Å². The van der Waals surface area contributed by atoms with Gasteiger partial charge in [-0.15, -0.1) is 0 Å². The fraction of sp³-hybridized carbons (Fsp3) is 0.0667. The number of hydrogen-bond acceptors (Lipinski definition) is 2. The molecule has 0 amide bonds. The van der Waals surface area contributed by atoms with Crippen LogP contribution in [-0.4, -0.2) is 4.98 Å². The standard InChI is InChI=1S/C15H13BrN2O/c16-12-4-1-2-7-15(12)19-9-10-8-11-13(17)5-3-6-14(11)18-10/h1-8,18H,9,17H2. The number of hydrogen-bond donors (Lipinski definition) is 2. The quantitative estimate of drug-likeness (QED) is 0.715. The number of nitrogens with one attached hydrogen (secondary N) is 1. The van der Waals surface area contributed by atoms with Crippen molar-refractivity contribution in [1.29, 1.82) is 0 Å². The molecule has 96 valence electrons. The lowest BCUT2D eigenvalue weighted by molar-refractivity contribution is 0.300. The highest BCUT2D eigenvalue weighted by Crippen LogP contribution is 2.26. The van der Waals surface area contributed by atoms with Crippen LogP contribution in [0.1, 0.15) is 5.69 Å². The van der Waals surface area contributed by atoms with Gasteiger partial charge in [0.25, 0.3) is 0 Å². The number of para-hydroxylation sites is 1. The van der Waals surface area contributed by atoms with Crippen LogP contribution in [0.2, 0.25) is 0 Å². The molecule has 0 aliphatic heterocycles. The first-order chi connectivity index (χ1) is 9.24. The van der Waals surface area contributed by atoms with Gasteiger partial charge in [-0.2, -0.15) is 0 Å². The predicted octanol–water partition coefficient (Wildman–Crippen LogP) is 4.09. The van der Waals surface area contributed by atoms with Crippen molar-refractivity contribution in [3.63, 3.8) is 0 Å². The number of aromatic amines is 1. The normalized spacial score (nSPS) is 10.8. The van der Waals surface area contributed by atoms with Gasteiger partial charge >= 0.3 is 0 Å². The molecule has 3 N–H and O–H groups in total. The average molecular weight is 317 g/mol. The van der Waals surface area contributed by atoms with Gasteiger partial charge in [0.05, 0.1) is 10.2 Å². The van der Waals surface area contributed by atoms with Crippen molar-refractivity contribution < 1.29 is 4.74 Å². The van der Waals surface area contributed by atoms with E-state index in [1.807, 2.05) is 48.5 Å². The molecule has 0 aliphatic carbocycles. The summed E-state index contributed by atoms with van der Waals surface area (Å²) in [4.78, 5) is 3.31. The second-order valence-corrected chi connectivity index (χ2v) is 5.18. The highest BCUT2D eigenvalue weighted by molar-refractivity contribution is 9.10. The van der Waals surface area contributed by atoms with Crippen molar-refractivity contribution in [2.45, 2.75) is 6.61 Å². The molecule has 0 saturated carbocycles. The summed E-state index contributed by atoms with van der Waals surface area (Å²) in [6.45, 7) is 0.483. The molecule has 3 aromatic rings. The Labute approximate surface area is 119 Å².